The second-order valence-electron chi connectivity index (χ2n) is 10.2. The lowest BCUT2D eigenvalue weighted by Crippen LogP contribution is -2.45. The van der Waals surface area contributed by atoms with Gasteiger partial charge in [-0.1, -0.05) is 29.8 Å². The van der Waals surface area contributed by atoms with Crippen LogP contribution in [0.15, 0.2) is 54.6 Å². The number of ether oxygens (including phenoxy) is 2. The van der Waals surface area contributed by atoms with Gasteiger partial charge in [-0.3, -0.25) is 9.59 Å². The maximum Gasteiger partial charge on any atom is 0.254 e. The topological polar surface area (TPSA) is 88.1 Å². The fraction of sp³-hybridized carbons (Fsp3) is 0.379. The van der Waals surface area contributed by atoms with Crippen molar-refractivity contribution in [1.29, 1.82) is 0 Å². The average molecular weight is 548 g/mol. The molecule has 2 amide bonds. The Morgan fingerprint density at radius 2 is 1.79 bits per heavy atom. The number of carbonyl (C=O) groups excluding carboxylic acids is 2. The van der Waals surface area contributed by atoms with Gasteiger partial charge in [0.15, 0.2) is 17.3 Å². The molecule has 10 heteroatoms. The first kappa shape index (κ1) is 25.4. The summed E-state index contributed by atoms with van der Waals surface area (Å²) in [5.74, 6) is 2.24. The molecule has 1 saturated carbocycles. The van der Waals surface area contributed by atoms with E-state index < -0.39 is 0 Å². The highest BCUT2D eigenvalue weighted by Crippen LogP contribution is 2.34. The van der Waals surface area contributed by atoms with Crippen LogP contribution in [0.4, 0.5) is 5.82 Å². The molecule has 3 aromatic rings. The first-order valence-electron chi connectivity index (χ1n) is 13.4. The quantitative estimate of drug-likeness (QED) is 0.440. The first-order chi connectivity index (χ1) is 19.0. The monoisotopic (exact) mass is 547 g/mol. The summed E-state index contributed by atoms with van der Waals surface area (Å²) in [6.07, 6.45) is 2.99. The highest BCUT2D eigenvalue weighted by molar-refractivity contribution is 6.33. The lowest BCUT2D eigenvalue weighted by molar-refractivity contribution is -0.131. The van der Waals surface area contributed by atoms with Gasteiger partial charge in [0.25, 0.3) is 5.91 Å². The van der Waals surface area contributed by atoms with Gasteiger partial charge in [-0.25, -0.2) is 0 Å². The summed E-state index contributed by atoms with van der Waals surface area (Å²) in [5, 5.41) is 9.47. The van der Waals surface area contributed by atoms with Crippen LogP contribution >= 0.6 is 11.6 Å². The summed E-state index contributed by atoms with van der Waals surface area (Å²) in [7, 11) is 0. The molecule has 0 N–H and O–H groups in total. The van der Waals surface area contributed by atoms with Crippen LogP contribution < -0.4 is 14.4 Å². The van der Waals surface area contributed by atoms with Crippen LogP contribution in [0.2, 0.25) is 5.02 Å². The zero-order valence-electron chi connectivity index (χ0n) is 21.6. The molecule has 6 rings (SSSR count). The predicted octanol–water partition coefficient (Wildman–Crippen LogP) is 4.12. The van der Waals surface area contributed by atoms with E-state index in [1.807, 2.05) is 41.3 Å². The Labute approximate surface area is 232 Å². The Kier molecular flexibility index (Phi) is 7.24. The van der Waals surface area contributed by atoms with Crippen molar-refractivity contribution in [2.24, 2.45) is 5.92 Å². The number of hydrogen-bond acceptors (Lipinski definition) is 7. The fourth-order valence-electron chi connectivity index (χ4n) is 5.01. The van der Waals surface area contributed by atoms with E-state index in [0.29, 0.717) is 54.2 Å². The lowest BCUT2D eigenvalue weighted by atomic mass is 10.1. The zero-order valence-corrected chi connectivity index (χ0v) is 22.3. The largest absolute Gasteiger partial charge is 0.454 e. The summed E-state index contributed by atoms with van der Waals surface area (Å²) in [5.41, 5.74) is 2.07. The number of hydrogen-bond donors (Lipinski definition) is 0. The molecule has 1 aliphatic carbocycles. The highest BCUT2D eigenvalue weighted by atomic mass is 35.5. The molecule has 1 aromatic heterocycles. The number of nitrogens with zero attached hydrogens (tertiary/aromatic N) is 5. The number of amides is 2. The molecule has 0 radical (unpaired) electrons. The summed E-state index contributed by atoms with van der Waals surface area (Å²) in [6, 6.07) is 16.6. The third-order valence-corrected chi connectivity index (χ3v) is 7.71. The van der Waals surface area contributed by atoms with E-state index >= 15 is 0 Å². The number of rotatable bonds is 7. The molecule has 202 valence electrons. The number of halogens is 1. The Morgan fingerprint density at radius 3 is 2.59 bits per heavy atom. The van der Waals surface area contributed by atoms with Gasteiger partial charge in [0.05, 0.1) is 10.7 Å². The molecule has 2 aromatic carbocycles. The molecule has 0 bridgehead atoms. The van der Waals surface area contributed by atoms with Crippen molar-refractivity contribution >= 4 is 29.2 Å². The first-order valence-corrected chi connectivity index (χ1v) is 13.7. The van der Waals surface area contributed by atoms with E-state index in [9.17, 15) is 9.59 Å². The molecule has 39 heavy (non-hydrogen) atoms. The minimum absolute atomic E-state index is 0.0354. The van der Waals surface area contributed by atoms with E-state index in [1.54, 1.807) is 23.1 Å². The van der Waals surface area contributed by atoms with Crippen molar-refractivity contribution in [3.05, 3.63) is 65.2 Å². The SMILES string of the molecule is O=C(CN(CC1CC1)C(=O)c1ccc2c(c1)OCO2)N1CCCN(c2ccc(-c3ccccc3Cl)nn2)CC1. The van der Waals surface area contributed by atoms with E-state index in [-0.39, 0.29) is 25.2 Å². The predicted molar refractivity (Wildman–Crippen MR) is 147 cm³/mol. The average Bonchev–Trinajstić information content (AvgIpc) is 3.71. The minimum atomic E-state index is -0.154. The van der Waals surface area contributed by atoms with Crippen molar-refractivity contribution in [3.63, 3.8) is 0 Å². The standard InChI is InChI=1S/C29H30ClN5O4/c30-23-5-2-1-4-22(23)24-9-11-27(32-31-24)33-12-3-13-34(15-14-33)28(36)18-35(17-20-6-7-20)29(37)21-8-10-25-26(16-21)39-19-38-25/h1-2,4-5,8-11,16,20H,3,6-7,12-15,17-19H2. The second-order valence-corrected chi connectivity index (χ2v) is 10.6. The third kappa shape index (κ3) is 5.78. The summed E-state index contributed by atoms with van der Waals surface area (Å²) < 4.78 is 10.8. The van der Waals surface area contributed by atoms with Crippen LogP contribution in [0.3, 0.4) is 0 Å². The molecule has 9 nitrogen and oxygen atoms in total. The number of fused-ring (bicyclic) bond motifs is 1. The van der Waals surface area contributed by atoms with Gasteiger partial charge < -0.3 is 24.2 Å². The Morgan fingerprint density at radius 1 is 0.949 bits per heavy atom. The molecule has 0 spiro atoms. The summed E-state index contributed by atoms with van der Waals surface area (Å²) >= 11 is 6.31. The fourth-order valence-corrected chi connectivity index (χ4v) is 5.24. The van der Waals surface area contributed by atoms with Gasteiger partial charge >= 0.3 is 0 Å². The molecule has 0 unspecified atom stereocenters. The molecular weight excluding hydrogens is 518 g/mol. The molecule has 2 fully saturated rings. The third-order valence-electron chi connectivity index (χ3n) is 7.38. The van der Waals surface area contributed by atoms with E-state index in [4.69, 9.17) is 21.1 Å². The number of carbonyl (C=O) groups is 2. The summed E-state index contributed by atoms with van der Waals surface area (Å²) in [4.78, 5) is 32.5. The van der Waals surface area contributed by atoms with Crippen LogP contribution in [0.1, 0.15) is 29.6 Å². The summed E-state index contributed by atoms with van der Waals surface area (Å²) in [6.45, 7) is 3.41. The Hall–Kier alpha value is -3.85. The molecule has 3 aliphatic rings. The number of benzene rings is 2. The van der Waals surface area contributed by atoms with Crippen LogP contribution in [0.25, 0.3) is 11.3 Å². The Bertz CT molecular complexity index is 1360. The number of anilines is 1. The van der Waals surface area contributed by atoms with E-state index in [1.165, 1.54) is 0 Å². The smallest absolute Gasteiger partial charge is 0.254 e. The second kappa shape index (κ2) is 11.1. The molecule has 2 aliphatic heterocycles. The van der Waals surface area contributed by atoms with Crippen molar-refractivity contribution in [2.45, 2.75) is 19.3 Å². The minimum Gasteiger partial charge on any atom is -0.454 e. The number of aromatic nitrogens is 2. The van der Waals surface area contributed by atoms with Gasteiger partial charge in [0, 0.05) is 43.9 Å². The van der Waals surface area contributed by atoms with Crippen LogP contribution in [0, 0.1) is 5.92 Å². The Balaban J connectivity index is 1.09. The maximum absolute atomic E-state index is 13.4. The van der Waals surface area contributed by atoms with Crippen LogP contribution in [0.5, 0.6) is 11.5 Å². The van der Waals surface area contributed by atoms with Gasteiger partial charge in [-0.15, -0.1) is 10.2 Å². The molecular formula is C29H30ClN5O4. The van der Waals surface area contributed by atoms with Crippen LogP contribution in [-0.4, -0.2) is 77.9 Å². The molecule has 0 atom stereocenters. The van der Waals surface area contributed by atoms with Crippen molar-refractivity contribution < 1.29 is 19.1 Å². The highest BCUT2D eigenvalue weighted by Gasteiger charge is 2.31. The van der Waals surface area contributed by atoms with Crippen molar-refractivity contribution in [2.75, 3.05) is 51.0 Å². The van der Waals surface area contributed by atoms with Crippen LogP contribution in [-0.2, 0) is 4.79 Å². The van der Waals surface area contributed by atoms with Gasteiger partial charge in [0.2, 0.25) is 12.7 Å². The van der Waals surface area contributed by atoms with Gasteiger partial charge in [-0.05, 0) is 61.6 Å². The maximum atomic E-state index is 13.4. The molecule has 1 saturated heterocycles. The lowest BCUT2D eigenvalue weighted by Gasteiger charge is -2.27. The van der Waals surface area contributed by atoms with E-state index in [0.717, 1.165) is 42.9 Å². The van der Waals surface area contributed by atoms with E-state index in [2.05, 4.69) is 15.1 Å². The molecule has 3 heterocycles. The normalized spacial score (nSPS) is 16.6. The van der Waals surface area contributed by atoms with Crippen molar-refractivity contribution in [3.8, 4) is 22.8 Å². The zero-order chi connectivity index (χ0) is 26.8. The van der Waals surface area contributed by atoms with Gasteiger partial charge in [-0.2, -0.15) is 0 Å². The van der Waals surface area contributed by atoms with Crippen molar-refractivity contribution in [1.82, 2.24) is 20.0 Å². The van der Waals surface area contributed by atoms with Gasteiger partial charge in [0.1, 0.15) is 6.54 Å².